The summed E-state index contributed by atoms with van der Waals surface area (Å²) in [5, 5.41) is 15.1. The largest absolute Gasteiger partial charge is 0.308 e. The number of benzene rings is 1. The zero-order valence-corrected chi connectivity index (χ0v) is 17.4. The molecule has 146 valence electrons. The van der Waals surface area contributed by atoms with Crippen molar-refractivity contribution in [3.05, 3.63) is 46.6 Å². The van der Waals surface area contributed by atoms with E-state index in [1.807, 2.05) is 26.8 Å². The van der Waals surface area contributed by atoms with Crippen LogP contribution >= 0.6 is 11.8 Å². The topological polar surface area (TPSA) is 117 Å². The van der Waals surface area contributed by atoms with Crippen molar-refractivity contribution < 1.29 is 13.2 Å². The third-order valence-electron chi connectivity index (χ3n) is 4.62. The number of amides is 1. The fourth-order valence-corrected chi connectivity index (χ4v) is 4.93. The van der Waals surface area contributed by atoms with Crippen molar-refractivity contribution >= 4 is 33.4 Å². The van der Waals surface area contributed by atoms with Gasteiger partial charge in [-0.3, -0.25) is 4.79 Å². The van der Waals surface area contributed by atoms with Crippen LogP contribution in [0.3, 0.4) is 0 Å². The summed E-state index contributed by atoms with van der Waals surface area (Å²) < 4.78 is 23.1. The van der Waals surface area contributed by atoms with Gasteiger partial charge in [-0.25, -0.2) is 18.5 Å². The number of nitrogens with two attached hydrogens (primary N) is 1. The summed E-state index contributed by atoms with van der Waals surface area (Å²) in [5.41, 5.74) is 3.58. The van der Waals surface area contributed by atoms with E-state index in [0.717, 1.165) is 16.8 Å². The lowest BCUT2D eigenvalue weighted by molar-refractivity contribution is -0.116. The van der Waals surface area contributed by atoms with Gasteiger partial charge in [0.15, 0.2) is 0 Å². The number of thioether (sulfide) groups is 1. The van der Waals surface area contributed by atoms with Gasteiger partial charge in [-0.1, -0.05) is 11.8 Å². The van der Waals surface area contributed by atoms with Crippen LogP contribution in [0.2, 0.25) is 0 Å². The molecule has 0 bridgehead atoms. The predicted molar refractivity (Wildman–Crippen MR) is 108 cm³/mol. The number of nitriles is 1. The monoisotopic (exact) mass is 416 g/mol. The lowest BCUT2D eigenvalue weighted by Crippen LogP contribution is -2.37. The van der Waals surface area contributed by atoms with Gasteiger partial charge in [0.2, 0.25) is 15.9 Å². The average molecular weight is 417 g/mol. The fraction of sp³-hybridized carbons (Fsp3) is 0.316. The first-order chi connectivity index (χ1) is 13.1. The van der Waals surface area contributed by atoms with Crippen molar-refractivity contribution in [3.8, 4) is 6.07 Å². The van der Waals surface area contributed by atoms with Crippen LogP contribution in [-0.2, 0) is 21.2 Å². The van der Waals surface area contributed by atoms with Gasteiger partial charge < -0.3 is 4.90 Å². The number of carbonyl (C=O) groups is 1. The van der Waals surface area contributed by atoms with Crippen molar-refractivity contribution in [1.29, 1.82) is 5.26 Å². The first kappa shape index (κ1) is 20.3. The Balaban J connectivity index is 1.83. The van der Waals surface area contributed by atoms with Crippen molar-refractivity contribution in [2.45, 2.75) is 43.2 Å². The van der Waals surface area contributed by atoms with Crippen molar-refractivity contribution in [3.63, 3.8) is 0 Å². The molecule has 2 heterocycles. The van der Waals surface area contributed by atoms with Gasteiger partial charge in [-0.15, -0.1) is 0 Å². The summed E-state index contributed by atoms with van der Waals surface area (Å²) in [6.45, 7) is 5.61. The minimum atomic E-state index is -3.79. The summed E-state index contributed by atoms with van der Waals surface area (Å²) >= 11 is 1.24. The number of anilines is 1. The van der Waals surface area contributed by atoms with E-state index in [-0.39, 0.29) is 22.6 Å². The molecule has 9 heteroatoms. The van der Waals surface area contributed by atoms with Gasteiger partial charge in [0.25, 0.3) is 0 Å². The van der Waals surface area contributed by atoms with E-state index < -0.39 is 10.0 Å². The second-order valence-electron chi connectivity index (χ2n) is 6.81. The Bertz CT molecular complexity index is 1110. The molecule has 1 aromatic carbocycles. The minimum Gasteiger partial charge on any atom is -0.308 e. The molecule has 28 heavy (non-hydrogen) atoms. The quantitative estimate of drug-likeness (QED) is 0.764. The highest BCUT2D eigenvalue weighted by atomic mass is 32.2. The average Bonchev–Trinajstić information content (AvgIpc) is 2.93. The van der Waals surface area contributed by atoms with Crippen LogP contribution in [0.15, 0.2) is 34.2 Å². The number of hydrogen-bond donors (Lipinski definition) is 1. The molecular formula is C19H20N4O3S2. The maximum atomic E-state index is 12.9. The molecular weight excluding hydrogens is 396 g/mol. The van der Waals surface area contributed by atoms with E-state index in [9.17, 15) is 18.5 Å². The van der Waals surface area contributed by atoms with Gasteiger partial charge in [0, 0.05) is 17.4 Å². The van der Waals surface area contributed by atoms with E-state index in [2.05, 4.69) is 11.1 Å². The molecule has 1 unspecified atom stereocenters. The predicted octanol–water partition coefficient (Wildman–Crippen LogP) is 2.29. The first-order valence-corrected chi connectivity index (χ1v) is 11.1. The third kappa shape index (κ3) is 3.90. The van der Waals surface area contributed by atoms with E-state index in [1.165, 1.54) is 23.9 Å². The van der Waals surface area contributed by atoms with Crippen LogP contribution < -0.4 is 10.0 Å². The highest BCUT2D eigenvalue weighted by Crippen LogP contribution is 2.35. The Hall–Kier alpha value is -2.41. The highest BCUT2D eigenvalue weighted by molar-refractivity contribution is 8.00. The Labute approximate surface area is 168 Å². The fourth-order valence-electron chi connectivity index (χ4n) is 3.41. The Morgan fingerprint density at radius 2 is 2.11 bits per heavy atom. The molecule has 3 rings (SSSR count). The number of aromatic nitrogens is 1. The molecule has 2 aromatic rings. The number of fused-ring (bicyclic) bond motifs is 1. The second kappa shape index (κ2) is 7.54. The molecule has 0 fully saturated rings. The number of aryl methyl sites for hydroxylation is 2. The van der Waals surface area contributed by atoms with E-state index in [1.54, 1.807) is 11.0 Å². The molecule has 1 aliphatic heterocycles. The van der Waals surface area contributed by atoms with Crippen LogP contribution in [0.1, 0.15) is 29.3 Å². The van der Waals surface area contributed by atoms with Crippen LogP contribution in [0.4, 0.5) is 5.69 Å². The zero-order chi connectivity index (χ0) is 20.6. The van der Waals surface area contributed by atoms with Crippen LogP contribution in [0.25, 0.3) is 0 Å². The molecule has 1 aromatic heterocycles. The molecule has 1 atom stereocenters. The molecule has 0 spiro atoms. The van der Waals surface area contributed by atoms with Gasteiger partial charge in [-0.2, -0.15) is 5.26 Å². The zero-order valence-electron chi connectivity index (χ0n) is 15.8. The van der Waals surface area contributed by atoms with E-state index in [4.69, 9.17) is 5.14 Å². The van der Waals surface area contributed by atoms with Crippen molar-refractivity contribution in [1.82, 2.24) is 4.98 Å². The summed E-state index contributed by atoms with van der Waals surface area (Å²) in [5.74, 6) is 0.00937. The molecule has 2 N–H and O–H groups in total. The summed E-state index contributed by atoms with van der Waals surface area (Å²) in [6, 6.07) is 8.46. The molecule has 0 saturated heterocycles. The molecule has 0 aliphatic carbocycles. The SMILES string of the molecule is Cc1cc(C)c(C#N)c(SCC(=O)N2c3ccc(S(N)(=O)=O)cc3CC2C)n1. The Kier molecular flexibility index (Phi) is 5.48. The minimum absolute atomic E-state index is 0.0419. The molecule has 1 amide bonds. The number of nitrogens with zero attached hydrogens (tertiary/aromatic N) is 3. The molecule has 0 saturated carbocycles. The van der Waals surface area contributed by atoms with E-state index >= 15 is 0 Å². The number of rotatable bonds is 4. The summed E-state index contributed by atoms with van der Waals surface area (Å²) in [7, 11) is -3.79. The molecule has 7 nitrogen and oxygen atoms in total. The maximum Gasteiger partial charge on any atom is 0.238 e. The standard InChI is InChI=1S/C19H20N4O3S2/c1-11-6-12(2)22-19(16(11)9-20)27-10-18(24)23-13(3)7-14-8-15(28(21,25)26)4-5-17(14)23/h4-6,8,13H,7,10H2,1-3H3,(H2,21,25,26). The first-order valence-electron chi connectivity index (χ1n) is 8.60. The summed E-state index contributed by atoms with van der Waals surface area (Å²) in [4.78, 5) is 19.0. The lowest BCUT2D eigenvalue weighted by Gasteiger charge is -2.22. The smallest absolute Gasteiger partial charge is 0.238 e. The highest BCUT2D eigenvalue weighted by Gasteiger charge is 2.31. The van der Waals surface area contributed by atoms with Crippen LogP contribution in [0.5, 0.6) is 0 Å². The van der Waals surface area contributed by atoms with E-state index in [0.29, 0.717) is 22.7 Å². The van der Waals surface area contributed by atoms with Crippen molar-refractivity contribution in [2.75, 3.05) is 10.7 Å². The maximum absolute atomic E-state index is 12.9. The number of sulfonamides is 1. The molecule has 0 radical (unpaired) electrons. The van der Waals surface area contributed by atoms with Gasteiger partial charge in [0.05, 0.1) is 16.2 Å². The number of hydrogen-bond acceptors (Lipinski definition) is 6. The Morgan fingerprint density at radius 3 is 2.75 bits per heavy atom. The van der Waals surface area contributed by atoms with Gasteiger partial charge >= 0.3 is 0 Å². The van der Waals surface area contributed by atoms with Gasteiger partial charge in [0.1, 0.15) is 11.1 Å². The second-order valence-corrected chi connectivity index (χ2v) is 9.34. The molecule has 1 aliphatic rings. The normalized spacial score (nSPS) is 16.0. The lowest BCUT2D eigenvalue weighted by atomic mass is 10.1. The van der Waals surface area contributed by atoms with Gasteiger partial charge in [-0.05, 0) is 62.6 Å². The van der Waals surface area contributed by atoms with Crippen molar-refractivity contribution in [2.24, 2.45) is 5.14 Å². The summed E-state index contributed by atoms with van der Waals surface area (Å²) in [6.07, 6.45) is 0.556. The number of pyridine rings is 1. The Morgan fingerprint density at radius 1 is 1.39 bits per heavy atom. The third-order valence-corrected chi connectivity index (χ3v) is 6.49. The van der Waals surface area contributed by atoms with Crippen LogP contribution in [0, 0.1) is 25.2 Å². The number of carbonyl (C=O) groups excluding carboxylic acids is 1. The number of primary sulfonamides is 1. The van der Waals surface area contributed by atoms with Crippen LogP contribution in [-0.4, -0.2) is 31.1 Å².